The molecule has 0 spiro atoms. The lowest BCUT2D eigenvalue weighted by Crippen LogP contribution is -2.49. The zero-order valence-corrected chi connectivity index (χ0v) is 14.3. The fourth-order valence-electron chi connectivity index (χ4n) is 2.40. The van der Waals surface area contributed by atoms with Gasteiger partial charge in [-0.15, -0.1) is 0 Å². The van der Waals surface area contributed by atoms with Gasteiger partial charge in [-0.1, -0.05) is 41.5 Å². The summed E-state index contributed by atoms with van der Waals surface area (Å²) in [5.41, 5.74) is 5.21. The Morgan fingerprint density at radius 1 is 1.05 bits per heavy atom. The quantitative estimate of drug-likeness (QED) is 0.673. The Bertz CT molecular complexity index is 354. The normalized spacial score (nSPS) is 15.4. The van der Waals surface area contributed by atoms with E-state index in [0.717, 1.165) is 12.8 Å². The Morgan fingerprint density at radius 3 is 1.90 bits per heavy atom. The van der Waals surface area contributed by atoms with Crippen molar-refractivity contribution in [2.24, 2.45) is 22.5 Å². The molecule has 0 radical (unpaired) electrons. The molecule has 1 amide bonds. The summed E-state index contributed by atoms with van der Waals surface area (Å²) < 4.78 is 0. The Hall–Kier alpha value is -1.10. The number of aliphatic carboxylic acids is 1. The minimum atomic E-state index is -0.995. The third kappa shape index (κ3) is 7.46. The molecule has 0 fully saturated rings. The van der Waals surface area contributed by atoms with Gasteiger partial charge in [0.15, 0.2) is 0 Å². The lowest BCUT2D eigenvalue weighted by molar-refractivity contribution is -0.145. The molecule has 5 heteroatoms. The zero-order chi connectivity index (χ0) is 16.8. The lowest BCUT2D eigenvalue weighted by Gasteiger charge is -2.31. The van der Waals surface area contributed by atoms with Crippen LogP contribution >= 0.6 is 0 Å². The van der Waals surface area contributed by atoms with Crippen molar-refractivity contribution in [1.29, 1.82) is 0 Å². The maximum absolute atomic E-state index is 12.0. The van der Waals surface area contributed by atoms with Crippen LogP contribution in [0.25, 0.3) is 0 Å². The van der Waals surface area contributed by atoms with E-state index in [-0.39, 0.29) is 11.3 Å². The highest BCUT2D eigenvalue weighted by Crippen LogP contribution is 2.32. The minimum absolute atomic E-state index is 0.0931. The van der Waals surface area contributed by atoms with E-state index in [2.05, 4.69) is 26.1 Å². The molecule has 0 rings (SSSR count). The second-order valence-corrected chi connectivity index (χ2v) is 7.88. The van der Waals surface area contributed by atoms with Crippen LogP contribution in [0.15, 0.2) is 0 Å². The number of amides is 1. The van der Waals surface area contributed by atoms with E-state index < -0.39 is 17.4 Å². The summed E-state index contributed by atoms with van der Waals surface area (Å²) >= 11 is 0. The number of carboxylic acids is 1. The number of carboxylic acid groups (broad SMARTS) is 1. The number of nitrogens with two attached hydrogens (primary N) is 1. The maximum atomic E-state index is 12.0. The first-order valence-corrected chi connectivity index (χ1v) is 7.61. The molecule has 0 aromatic heterocycles. The molecule has 0 aromatic carbocycles. The van der Waals surface area contributed by atoms with E-state index in [9.17, 15) is 14.7 Å². The van der Waals surface area contributed by atoms with E-state index >= 15 is 0 Å². The summed E-state index contributed by atoms with van der Waals surface area (Å²) in [6, 6.07) is -0.868. The first kappa shape index (κ1) is 19.9. The second-order valence-electron chi connectivity index (χ2n) is 7.88. The molecule has 0 heterocycles. The van der Waals surface area contributed by atoms with Crippen molar-refractivity contribution in [2.75, 3.05) is 6.54 Å². The largest absolute Gasteiger partial charge is 0.480 e. The van der Waals surface area contributed by atoms with Gasteiger partial charge < -0.3 is 16.2 Å². The summed E-state index contributed by atoms with van der Waals surface area (Å²) in [5.74, 6) is -0.847. The molecule has 0 aliphatic rings. The van der Waals surface area contributed by atoms with Gasteiger partial charge in [0, 0.05) is 6.42 Å². The molecule has 4 N–H and O–H groups in total. The second kappa shape index (κ2) is 7.78. The van der Waals surface area contributed by atoms with Gasteiger partial charge in [-0.25, -0.2) is 4.79 Å². The van der Waals surface area contributed by atoms with Crippen LogP contribution < -0.4 is 11.1 Å². The summed E-state index contributed by atoms with van der Waals surface area (Å²) in [4.78, 5) is 23.3. The molecule has 1 unspecified atom stereocenters. The number of hydrogen-bond donors (Lipinski definition) is 3. The van der Waals surface area contributed by atoms with Crippen LogP contribution in [0.1, 0.15) is 60.8 Å². The summed E-state index contributed by atoms with van der Waals surface area (Å²) in [5, 5.41) is 11.9. The van der Waals surface area contributed by atoms with Crippen molar-refractivity contribution in [2.45, 2.75) is 66.8 Å². The van der Waals surface area contributed by atoms with Crippen molar-refractivity contribution >= 4 is 11.9 Å². The van der Waals surface area contributed by atoms with Crippen LogP contribution in [-0.4, -0.2) is 29.6 Å². The molecule has 0 aliphatic heterocycles. The summed E-state index contributed by atoms with van der Waals surface area (Å²) in [7, 11) is 0. The van der Waals surface area contributed by atoms with Crippen LogP contribution in [-0.2, 0) is 9.59 Å². The van der Waals surface area contributed by atoms with Crippen LogP contribution in [0.3, 0.4) is 0 Å². The molecule has 124 valence electrons. The van der Waals surface area contributed by atoms with Gasteiger partial charge in [-0.3, -0.25) is 4.79 Å². The lowest BCUT2D eigenvalue weighted by atomic mass is 9.76. The summed E-state index contributed by atoms with van der Waals surface area (Å²) in [6.45, 7) is 12.4. The summed E-state index contributed by atoms with van der Waals surface area (Å²) in [6.07, 6.45) is 1.93. The number of rotatable bonds is 7. The smallest absolute Gasteiger partial charge is 0.326 e. The van der Waals surface area contributed by atoms with Crippen molar-refractivity contribution in [3.05, 3.63) is 0 Å². The van der Waals surface area contributed by atoms with Gasteiger partial charge in [0.05, 0.1) is 0 Å². The monoisotopic (exact) mass is 300 g/mol. The molecule has 2 atom stereocenters. The van der Waals surface area contributed by atoms with E-state index in [1.807, 2.05) is 0 Å². The predicted octanol–water partition coefficient (Wildman–Crippen LogP) is 2.39. The predicted molar refractivity (Wildman–Crippen MR) is 84.9 cm³/mol. The van der Waals surface area contributed by atoms with Crippen LogP contribution in [0.4, 0.5) is 0 Å². The molecule has 0 aliphatic carbocycles. The van der Waals surface area contributed by atoms with E-state index in [1.165, 1.54) is 0 Å². The molecular weight excluding hydrogens is 268 g/mol. The number of hydrogen-bond acceptors (Lipinski definition) is 3. The van der Waals surface area contributed by atoms with Gasteiger partial charge in [0.1, 0.15) is 6.04 Å². The van der Waals surface area contributed by atoms with Gasteiger partial charge in [-0.2, -0.15) is 0 Å². The Morgan fingerprint density at radius 2 is 1.57 bits per heavy atom. The van der Waals surface area contributed by atoms with Gasteiger partial charge in [0.25, 0.3) is 0 Å². The molecule has 0 saturated carbocycles. The third-order valence-electron chi connectivity index (χ3n) is 3.88. The maximum Gasteiger partial charge on any atom is 0.326 e. The van der Waals surface area contributed by atoms with Gasteiger partial charge in [0.2, 0.25) is 5.91 Å². The first-order valence-electron chi connectivity index (χ1n) is 7.61. The molecule has 0 aromatic rings. The third-order valence-corrected chi connectivity index (χ3v) is 3.88. The van der Waals surface area contributed by atoms with E-state index in [4.69, 9.17) is 5.73 Å². The average molecular weight is 300 g/mol. The van der Waals surface area contributed by atoms with Gasteiger partial charge in [-0.05, 0) is 36.1 Å². The Labute approximate surface area is 128 Å². The topological polar surface area (TPSA) is 92.4 Å². The fraction of sp³-hybridized carbons (Fsp3) is 0.875. The number of carbonyl (C=O) groups excluding carboxylic acids is 1. The molecule has 21 heavy (non-hydrogen) atoms. The Kier molecular flexibility index (Phi) is 7.37. The zero-order valence-electron chi connectivity index (χ0n) is 14.3. The van der Waals surface area contributed by atoms with Crippen LogP contribution in [0.2, 0.25) is 0 Å². The van der Waals surface area contributed by atoms with Crippen molar-refractivity contribution in [3.8, 4) is 0 Å². The minimum Gasteiger partial charge on any atom is -0.480 e. The molecular formula is C16H32N2O3. The van der Waals surface area contributed by atoms with Crippen LogP contribution in [0.5, 0.6) is 0 Å². The van der Waals surface area contributed by atoms with Gasteiger partial charge >= 0.3 is 5.97 Å². The number of carbonyl (C=O) groups is 2. The average Bonchev–Trinajstić information content (AvgIpc) is 2.28. The fourth-order valence-corrected chi connectivity index (χ4v) is 2.40. The molecule has 0 saturated heterocycles. The highest BCUT2D eigenvalue weighted by atomic mass is 16.4. The molecule has 0 bridgehead atoms. The first-order chi connectivity index (χ1) is 9.39. The standard InChI is InChI=1S/C16H32N2O3/c1-15(2,3)11(9-10-17)7-8-12(19)18-13(14(20)21)16(4,5)6/h11,13H,7-10,17H2,1-6H3,(H,18,19)(H,20,21)/t11?,13-/m1/s1. The SMILES string of the molecule is CC(C)(C)C(CCN)CCC(=O)N[C@H](C(=O)O)C(C)(C)C. The van der Waals surface area contributed by atoms with E-state index in [0.29, 0.717) is 18.9 Å². The Balaban J connectivity index is 4.58. The highest BCUT2D eigenvalue weighted by Gasteiger charge is 2.33. The number of nitrogens with one attached hydrogen (secondary N) is 1. The van der Waals surface area contributed by atoms with E-state index in [1.54, 1.807) is 20.8 Å². The van der Waals surface area contributed by atoms with Crippen LogP contribution in [0, 0.1) is 16.7 Å². The van der Waals surface area contributed by atoms with Crippen molar-refractivity contribution in [3.63, 3.8) is 0 Å². The highest BCUT2D eigenvalue weighted by molar-refractivity contribution is 5.84. The molecule has 5 nitrogen and oxygen atoms in total. The van der Waals surface area contributed by atoms with Crippen molar-refractivity contribution in [1.82, 2.24) is 5.32 Å². The van der Waals surface area contributed by atoms with Crippen molar-refractivity contribution < 1.29 is 14.7 Å².